The Balaban J connectivity index is 1.72. The maximum absolute atomic E-state index is 13.9. The van der Waals surface area contributed by atoms with Crippen molar-refractivity contribution in [2.45, 2.75) is 69.7 Å². The zero-order valence-electron chi connectivity index (χ0n) is 19.4. The van der Waals surface area contributed by atoms with Gasteiger partial charge >= 0.3 is 5.97 Å². The molecule has 33 heavy (non-hydrogen) atoms. The van der Waals surface area contributed by atoms with E-state index in [9.17, 15) is 19.5 Å². The second-order valence-electron chi connectivity index (χ2n) is 9.16. The van der Waals surface area contributed by atoms with Crippen LogP contribution in [0.5, 0.6) is 0 Å². The van der Waals surface area contributed by atoms with Crippen molar-refractivity contribution >= 4 is 17.8 Å². The number of esters is 1. The normalized spacial score (nSPS) is 30.9. The number of fused-ring (bicyclic) bond motifs is 1. The van der Waals surface area contributed by atoms with Crippen molar-refractivity contribution in [3.63, 3.8) is 0 Å². The van der Waals surface area contributed by atoms with Crippen LogP contribution in [0.15, 0.2) is 30.3 Å². The molecule has 6 atom stereocenters. The second-order valence-corrected chi connectivity index (χ2v) is 9.16. The molecule has 3 fully saturated rings. The Morgan fingerprint density at radius 1 is 1.27 bits per heavy atom. The van der Waals surface area contributed by atoms with Gasteiger partial charge in [-0.05, 0) is 31.7 Å². The van der Waals surface area contributed by atoms with E-state index in [1.54, 1.807) is 6.92 Å². The minimum atomic E-state index is -1.09. The highest BCUT2D eigenvalue weighted by molar-refractivity contribution is 5.98. The Bertz CT molecular complexity index is 877. The zero-order chi connectivity index (χ0) is 23.6. The third-order valence-corrected chi connectivity index (χ3v) is 7.32. The van der Waals surface area contributed by atoms with Crippen LogP contribution in [0.25, 0.3) is 0 Å². The van der Waals surface area contributed by atoms with E-state index >= 15 is 0 Å². The van der Waals surface area contributed by atoms with E-state index < -0.39 is 41.6 Å². The van der Waals surface area contributed by atoms with Gasteiger partial charge in [-0.15, -0.1) is 0 Å². The van der Waals surface area contributed by atoms with Gasteiger partial charge in [0.25, 0.3) is 0 Å². The first kappa shape index (κ1) is 23.7. The van der Waals surface area contributed by atoms with Crippen molar-refractivity contribution in [3.8, 4) is 0 Å². The van der Waals surface area contributed by atoms with Gasteiger partial charge in [0, 0.05) is 6.54 Å². The van der Waals surface area contributed by atoms with E-state index in [4.69, 9.17) is 9.47 Å². The van der Waals surface area contributed by atoms with Gasteiger partial charge < -0.3 is 24.8 Å². The summed E-state index contributed by atoms with van der Waals surface area (Å²) in [6.45, 7) is 4.20. The van der Waals surface area contributed by atoms with Crippen molar-refractivity contribution < 1.29 is 29.0 Å². The first-order chi connectivity index (χ1) is 16.0. The number of likely N-dealkylation sites (tertiary alicyclic amines) is 1. The molecule has 8 heteroatoms. The van der Waals surface area contributed by atoms with Crippen LogP contribution in [0.3, 0.4) is 0 Å². The Morgan fingerprint density at radius 3 is 2.70 bits per heavy atom. The molecular weight excluding hydrogens is 424 g/mol. The zero-order valence-corrected chi connectivity index (χ0v) is 19.4. The number of amides is 2. The molecule has 0 saturated carbocycles. The van der Waals surface area contributed by atoms with Crippen LogP contribution < -0.4 is 5.32 Å². The molecule has 3 heterocycles. The maximum atomic E-state index is 13.9. The van der Waals surface area contributed by atoms with Crippen LogP contribution in [-0.4, -0.2) is 65.3 Å². The highest BCUT2D eigenvalue weighted by Gasteiger charge is 2.75. The largest absolute Gasteiger partial charge is 0.466 e. The van der Waals surface area contributed by atoms with Crippen LogP contribution in [0.4, 0.5) is 0 Å². The number of ether oxygens (including phenoxy) is 2. The van der Waals surface area contributed by atoms with Crippen molar-refractivity contribution in [2.75, 3.05) is 19.8 Å². The van der Waals surface area contributed by atoms with Crippen LogP contribution in [0.2, 0.25) is 0 Å². The number of unbranched alkanes of at least 4 members (excludes halogenated alkanes) is 2. The summed E-state index contributed by atoms with van der Waals surface area (Å²) in [5, 5.41) is 13.3. The number of rotatable bonds is 10. The summed E-state index contributed by atoms with van der Waals surface area (Å²) in [5.41, 5.74) is -0.355. The van der Waals surface area contributed by atoms with Gasteiger partial charge in [0.15, 0.2) is 0 Å². The first-order valence-electron chi connectivity index (χ1n) is 12.1. The van der Waals surface area contributed by atoms with Crippen LogP contribution in [0, 0.1) is 11.8 Å². The molecule has 3 saturated heterocycles. The van der Waals surface area contributed by atoms with Gasteiger partial charge in [0.05, 0.1) is 37.2 Å². The average molecular weight is 459 g/mol. The number of nitrogens with zero attached hydrogens (tertiary/aromatic N) is 1. The molecule has 3 aliphatic heterocycles. The third-order valence-electron chi connectivity index (χ3n) is 7.32. The van der Waals surface area contributed by atoms with E-state index in [2.05, 4.69) is 12.2 Å². The van der Waals surface area contributed by atoms with Crippen molar-refractivity contribution in [3.05, 3.63) is 35.9 Å². The summed E-state index contributed by atoms with van der Waals surface area (Å²) < 4.78 is 11.6. The van der Waals surface area contributed by atoms with Gasteiger partial charge in [-0.3, -0.25) is 14.4 Å². The van der Waals surface area contributed by atoms with Gasteiger partial charge in [0.2, 0.25) is 11.8 Å². The van der Waals surface area contributed by atoms with Gasteiger partial charge in [0.1, 0.15) is 11.6 Å². The quantitative estimate of drug-likeness (QED) is 0.410. The molecule has 1 spiro atoms. The lowest BCUT2D eigenvalue weighted by atomic mass is 9.71. The minimum Gasteiger partial charge on any atom is -0.466 e. The summed E-state index contributed by atoms with van der Waals surface area (Å²) in [6.07, 6.45) is 3.54. The summed E-state index contributed by atoms with van der Waals surface area (Å²) in [6, 6.07) is 7.56. The van der Waals surface area contributed by atoms with Crippen molar-refractivity contribution in [1.29, 1.82) is 0 Å². The fourth-order valence-corrected chi connectivity index (χ4v) is 5.95. The number of aliphatic hydroxyl groups excluding tert-OH is 1. The van der Waals surface area contributed by atoms with Gasteiger partial charge in [-0.1, -0.05) is 50.1 Å². The highest BCUT2D eigenvalue weighted by Crippen LogP contribution is 2.59. The molecule has 2 amide bonds. The lowest BCUT2D eigenvalue weighted by Crippen LogP contribution is -2.56. The molecule has 180 valence electrons. The van der Waals surface area contributed by atoms with Crippen molar-refractivity contribution in [1.82, 2.24) is 10.2 Å². The number of nitrogens with one attached hydrogen (secondary N) is 1. The number of hydrogen-bond donors (Lipinski definition) is 2. The Morgan fingerprint density at radius 2 is 2.03 bits per heavy atom. The monoisotopic (exact) mass is 458 g/mol. The van der Waals surface area contributed by atoms with E-state index in [-0.39, 0.29) is 25.0 Å². The summed E-state index contributed by atoms with van der Waals surface area (Å²) >= 11 is 0. The lowest BCUT2D eigenvalue weighted by molar-refractivity contribution is -0.155. The van der Waals surface area contributed by atoms with Crippen LogP contribution in [-0.2, 0) is 23.9 Å². The fraction of sp³-hybridized carbons (Fsp3) is 0.640. The maximum Gasteiger partial charge on any atom is 0.312 e. The predicted molar refractivity (Wildman–Crippen MR) is 120 cm³/mol. The number of benzene rings is 1. The van der Waals surface area contributed by atoms with Crippen LogP contribution >= 0.6 is 0 Å². The molecule has 3 aliphatic rings. The number of aliphatic hydroxyl groups is 1. The first-order valence-corrected chi connectivity index (χ1v) is 12.1. The Kier molecular flexibility index (Phi) is 7.05. The molecule has 1 aromatic carbocycles. The molecule has 1 aromatic rings. The number of hydrogen-bond acceptors (Lipinski definition) is 6. The minimum absolute atomic E-state index is 0.213. The molecular formula is C25H34N2O6. The fourth-order valence-electron chi connectivity index (χ4n) is 5.95. The van der Waals surface area contributed by atoms with Gasteiger partial charge in [-0.25, -0.2) is 0 Å². The molecule has 2 bridgehead atoms. The Hall–Kier alpha value is -2.45. The predicted octanol–water partition coefficient (Wildman–Crippen LogP) is 1.96. The third kappa shape index (κ3) is 3.93. The SMILES string of the molecule is CCCCCNC(=O)C1N([C@H](CO)c2ccccc2)C(=O)[C@@H]2[C@H](C(=O)OCC)[C@@H]3CCC12O3. The standard InChI is InChI=1S/C25H34N2O6/c1-3-5-9-14-26-22(29)21-25-13-12-18(33-25)19(24(31)32-4-2)20(25)23(30)27(21)17(15-28)16-10-7-6-8-11-16/h6-8,10-11,17-21,28H,3-5,9,12-15H2,1-2H3,(H,26,29)/t17-,18+,19-,20+,21?,25?/m1/s1. The molecule has 2 unspecified atom stereocenters. The van der Waals surface area contributed by atoms with Gasteiger partial charge in [-0.2, -0.15) is 0 Å². The summed E-state index contributed by atoms with van der Waals surface area (Å²) in [7, 11) is 0. The lowest BCUT2D eigenvalue weighted by Gasteiger charge is -2.36. The molecule has 4 rings (SSSR count). The summed E-state index contributed by atoms with van der Waals surface area (Å²) in [4.78, 5) is 41.8. The number of carbonyl (C=O) groups excluding carboxylic acids is 3. The van der Waals surface area contributed by atoms with E-state index in [0.29, 0.717) is 19.4 Å². The van der Waals surface area contributed by atoms with E-state index in [0.717, 1.165) is 24.8 Å². The molecule has 2 N–H and O–H groups in total. The topological polar surface area (TPSA) is 105 Å². The van der Waals surface area contributed by atoms with E-state index in [1.165, 1.54) is 4.90 Å². The molecule has 0 aromatic heterocycles. The molecule has 8 nitrogen and oxygen atoms in total. The molecule has 0 radical (unpaired) electrons. The van der Waals surface area contributed by atoms with Crippen LogP contribution in [0.1, 0.15) is 57.6 Å². The molecule has 0 aliphatic carbocycles. The second kappa shape index (κ2) is 9.81. The smallest absolute Gasteiger partial charge is 0.312 e. The highest BCUT2D eigenvalue weighted by atomic mass is 16.6. The average Bonchev–Trinajstić information content (AvgIpc) is 3.46. The van der Waals surface area contributed by atoms with E-state index in [1.807, 2.05) is 30.3 Å². The summed E-state index contributed by atoms with van der Waals surface area (Å²) in [5.74, 6) is -2.60. The Labute approximate surface area is 194 Å². The van der Waals surface area contributed by atoms with Crippen molar-refractivity contribution in [2.24, 2.45) is 11.8 Å². The number of carbonyl (C=O) groups is 3.